The Kier molecular flexibility index (Phi) is 4.58. The van der Waals surface area contributed by atoms with E-state index in [0.717, 1.165) is 17.2 Å². The molecule has 5 heteroatoms. The molecule has 2 aromatic rings. The number of rotatable bonds is 5. The second-order valence-corrected chi connectivity index (χ2v) is 5.44. The molecule has 0 unspecified atom stereocenters. The van der Waals surface area contributed by atoms with Crippen molar-refractivity contribution in [1.29, 1.82) is 0 Å². The first-order chi connectivity index (χ1) is 8.70. The third-order valence-electron chi connectivity index (χ3n) is 2.46. The van der Waals surface area contributed by atoms with Crippen LogP contribution in [-0.2, 0) is 13.2 Å². The second-order valence-electron chi connectivity index (χ2n) is 3.87. The minimum Gasteiger partial charge on any atom is -0.485 e. The molecule has 96 valence electrons. The quantitative estimate of drug-likeness (QED) is 0.913. The molecule has 0 aliphatic carbocycles. The van der Waals surface area contributed by atoms with E-state index in [2.05, 4.69) is 10.3 Å². The van der Waals surface area contributed by atoms with E-state index >= 15 is 0 Å². The monoisotopic (exact) mass is 282 g/mol. The van der Waals surface area contributed by atoms with Gasteiger partial charge in [-0.25, -0.2) is 4.98 Å². The minimum absolute atomic E-state index is 0.457. The van der Waals surface area contributed by atoms with Crippen LogP contribution >= 0.6 is 22.9 Å². The highest BCUT2D eigenvalue weighted by molar-refractivity contribution is 7.11. The van der Waals surface area contributed by atoms with Crippen LogP contribution in [0.1, 0.15) is 15.6 Å². The summed E-state index contributed by atoms with van der Waals surface area (Å²) in [6, 6.07) is 7.46. The molecular weight excluding hydrogens is 268 g/mol. The number of nitrogens with zero attached hydrogens (tertiary/aromatic N) is 1. The zero-order chi connectivity index (χ0) is 13.0. The fraction of sp³-hybridized carbons (Fsp3) is 0.308. The van der Waals surface area contributed by atoms with Crippen LogP contribution in [0.25, 0.3) is 0 Å². The fourth-order valence-electron chi connectivity index (χ4n) is 1.58. The lowest BCUT2D eigenvalue weighted by atomic mass is 10.3. The summed E-state index contributed by atoms with van der Waals surface area (Å²) in [5.41, 5.74) is 1.06. The summed E-state index contributed by atoms with van der Waals surface area (Å²) in [5, 5.41) is 4.73. The molecule has 1 N–H and O–H groups in total. The van der Waals surface area contributed by atoms with E-state index in [1.807, 2.05) is 38.2 Å². The summed E-state index contributed by atoms with van der Waals surface area (Å²) in [7, 11) is 1.93. The third kappa shape index (κ3) is 3.22. The zero-order valence-corrected chi connectivity index (χ0v) is 11.9. The molecule has 0 amide bonds. The minimum atomic E-state index is 0.457. The van der Waals surface area contributed by atoms with Gasteiger partial charge in [0, 0.05) is 11.4 Å². The Bertz CT molecular complexity index is 527. The van der Waals surface area contributed by atoms with Crippen LogP contribution in [0.4, 0.5) is 0 Å². The van der Waals surface area contributed by atoms with Gasteiger partial charge in [0.05, 0.1) is 10.7 Å². The number of para-hydroxylation sites is 1. The van der Waals surface area contributed by atoms with Crippen LogP contribution < -0.4 is 10.1 Å². The van der Waals surface area contributed by atoms with Gasteiger partial charge in [0.15, 0.2) is 0 Å². The Balaban J connectivity index is 2.02. The summed E-state index contributed by atoms with van der Waals surface area (Å²) in [6.07, 6.45) is 0. The summed E-state index contributed by atoms with van der Waals surface area (Å²) in [5.74, 6) is 0.696. The molecule has 1 aromatic carbocycles. The van der Waals surface area contributed by atoms with Gasteiger partial charge in [0.25, 0.3) is 0 Å². The molecule has 0 bridgehead atoms. The average Bonchev–Trinajstić information content (AvgIpc) is 2.70. The fourth-order valence-corrected chi connectivity index (χ4v) is 2.76. The Morgan fingerprint density at radius 1 is 1.39 bits per heavy atom. The number of nitrogens with one attached hydrogen (secondary N) is 1. The van der Waals surface area contributed by atoms with Crippen LogP contribution in [0.15, 0.2) is 24.3 Å². The largest absolute Gasteiger partial charge is 0.485 e. The highest BCUT2D eigenvalue weighted by Crippen LogP contribution is 2.25. The smallest absolute Gasteiger partial charge is 0.140 e. The molecule has 0 saturated heterocycles. The maximum Gasteiger partial charge on any atom is 0.140 e. The first kappa shape index (κ1) is 13.3. The molecule has 18 heavy (non-hydrogen) atoms. The number of ether oxygens (including phenoxy) is 1. The van der Waals surface area contributed by atoms with Crippen LogP contribution in [0.3, 0.4) is 0 Å². The van der Waals surface area contributed by atoms with E-state index in [-0.39, 0.29) is 0 Å². The molecule has 3 nitrogen and oxygen atoms in total. The molecule has 1 heterocycles. The van der Waals surface area contributed by atoms with E-state index in [9.17, 15) is 0 Å². The van der Waals surface area contributed by atoms with Crippen LogP contribution in [0.5, 0.6) is 5.75 Å². The Morgan fingerprint density at radius 3 is 2.89 bits per heavy atom. The maximum absolute atomic E-state index is 6.02. The first-order valence-electron chi connectivity index (χ1n) is 5.68. The molecule has 0 spiro atoms. The molecule has 0 radical (unpaired) electrons. The van der Waals surface area contributed by atoms with Crippen LogP contribution in [-0.4, -0.2) is 12.0 Å². The number of halogens is 1. The van der Waals surface area contributed by atoms with E-state index in [1.54, 1.807) is 11.3 Å². The van der Waals surface area contributed by atoms with Crippen molar-refractivity contribution in [2.75, 3.05) is 7.05 Å². The van der Waals surface area contributed by atoms with E-state index in [1.165, 1.54) is 4.88 Å². The van der Waals surface area contributed by atoms with Gasteiger partial charge in [-0.3, -0.25) is 0 Å². The van der Waals surface area contributed by atoms with Gasteiger partial charge in [-0.2, -0.15) is 0 Å². The SMILES string of the molecule is CNCc1sc(COc2ccccc2Cl)nc1C. The Labute approximate surface area is 116 Å². The summed E-state index contributed by atoms with van der Waals surface area (Å²) >= 11 is 7.69. The lowest BCUT2D eigenvalue weighted by molar-refractivity contribution is 0.305. The molecule has 0 saturated carbocycles. The van der Waals surface area contributed by atoms with E-state index in [0.29, 0.717) is 17.4 Å². The highest BCUT2D eigenvalue weighted by atomic mass is 35.5. The first-order valence-corrected chi connectivity index (χ1v) is 6.87. The Hall–Kier alpha value is -1.10. The Morgan fingerprint density at radius 2 is 2.17 bits per heavy atom. The summed E-state index contributed by atoms with van der Waals surface area (Å²) in [4.78, 5) is 5.73. The van der Waals surface area contributed by atoms with Crippen molar-refractivity contribution in [2.45, 2.75) is 20.1 Å². The lowest BCUT2D eigenvalue weighted by Gasteiger charge is -2.05. The number of benzene rings is 1. The number of hydrogen-bond donors (Lipinski definition) is 1. The van der Waals surface area contributed by atoms with Gasteiger partial charge in [0.1, 0.15) is 17.4 Å². The predicted octanol–water partition coefficient (Wildman–Crippen LogP) is 3.40. The van der Waals surface area contributed by atoms with Crippen molar-refractivity contribution in [2.24, 2.45) is 0 Å². The third-order valence-corrected chi connectivity index (χ3v) is 3.91. The lowest BCUT2D eigenvalue weighted by Crippen LogP contribution is -2.04. The average molecular weight is 283 g/mol. The van der Waals surface area contributed by atoms with Gasteiger partial charge in [-0.1, -0.05) is 23.7 Å². The normalized spacial score (nSPS) is 10.6. The number of thiazole rings is 1. The number of hydrogen-bond acceptors (Lipinski definition) is 4. The van der Waals surface area contributed by atoms with Crippen LogP contribution in [0, 0.1) is 6.92 Å². The van der Waals surface area contributed by atoms with Crippen molar-refractivity contribution in [1.82, 2.24) is 10.3 Å². The van der Waals surface area contributed by atoms with Crippen molar-refractivity contribution in [3.8, 4) is 5.75 Å². The molecule has 1 aromatic heterocycles. The zero-order valence-electron chi connectivity index (χ0n) is 10.4. The van der Waals surface area contributed by atoms with Crippen molar-refractivity contribution in [3.63, 3.8) is 0 Å². The van der Waals surface area contributed by atoms with Gasteiger partial charge < -0.3 is 10.1 Å². The summed E-state index contributed by atoms with van der Waals surface area (Å²) in [6.45, 7) is 3.32. The van der Waals surface area contributed by atoms with Crippen LogP contribution in [0.2, 0.25) is 5.02 Å². The van der Waals surface area contributed by atoms with Crippen molar-refractivity contribution in [3.05, 3.63) is 44.9 Å². The predicted molar refractivity (Wildman–Crippen MR) is 75.4 cm³/mol. The summed E-state index contributed by atoms with van der Waals surface area (Å²) < 4.78 is 5.66. The molecule has 0 atom stereocenters. The number of aryl methyl sites for hydroxylation is 1. The van der Waals surface area contributed by atoms with Gasteiger partial charge in [0.2, 0.25) is 0 Å². The second kappa shape index (κ2) is 6.18. The van der Waals surface area contributed by atoms with Gasteiger partial charge >= 0.3 is 0 Å². The molecule has 0 aliphatic heterocycles. The molecule has 2 rings (SSSR count). The maximum atomic E-state index is 6.02. The van der Waals surface area contributed by atoms with Gasteiger partial charge in [-0.15, -0.1) is 11.3 Å². The van der Waals surface area contributed by atoms with E-state index < -0.39 is 0 Å². The number of aromatic nitrogens is 1. The van der Waals surface area contributed by atoms with Crippen molar-refractivity contribution < 1.29 is 4.74 Å². The molecular formula is C13H15ClN2OS. The standard InChI is InChI=1S/C13H15ClN2OS/c1-9-12(7-15-2)18-13(16-9)8-17-11-6-4-3-5-10(11)14/h3-6,15H,7-8H2,1-2H3. The van der Waals surface area contributed by atoms with Crippen molar-refractivity contribution >= 4 is 22.9 Å². The highest BCUT2D eigenvalue weighted by Gasteiger charge is 2.08. The molecule has 0 aliphatic rings. The molecule has 0 fully saturated rings. The topological polar surface area (TPSA) is 34.1 Å². The van der Waals surface area contributed by atoms with Gasteiger partial charge in [-0.05, 0) is 26.1 Å². The van der Waals surface area contributed by atoms with E-state index in [4.69, 9.17) is 16.3 Å².